The van der Waals surface area contributed by atoms with Crippen LogP contribution in [0.4, 0.5) is 0 Å². The van der Waals surface area contributed by atoms with E-state index in [0.29, 0.717) is 12.1 Å². The number of hydrogen-bond acceptors (Lipinski definition) is 3. The maximum Gasteiger partial charge on any atom is 0.0613 e. The van der Waals surface area contributed by atoms with Crippen molar-refractivity contribution in [2.75, 3.05) is 19.7 Å². The van der Waals surface area contributed by atoms with Crippen molar-refractivity contribution in [3.05, 3.63) is 0 Å². The first-order valence-corrected chi connectivity index (χ1v) is 8.71. The van der Waals surface area contributed by atoms with Crippen molar-refractivity contribution in [1.82, 2.24) is 10.2 Å². The van der Waals surface area contributed by atoms with E-state index in [2.05, 4.69) is 31.0 Å². The van der Waals surface area contributed by atoms with Crippen molar-refractivity contribution >= 4 is 0 Å². The molecule has 1 aliphatic heterocycles. The van der Waals surface area contributed by atoms with E-state index in [0.717, 1.165) is 18.8 Å². The third-order valence-corrected chi connectivity index (χ3v) is 5.25. The van der Waals surface area contributed by atoms with Crippen LogP contribution in [0.2, 0.25) is 0 Å². The Labute approximate surface area is 125 Å². The van der Waals surface area contributed by atoms with E-state index in [4.69, 9.17) is 0 Å². The summed E-state index contributed by atoms with van der Waals surface area (Å²) in [5.74, 6) is 0.920. The molecular weight excluding hydrogens is 248 g/mol. The van der Waals surface area contributed by atoms with Gasteiger partial charge in [0.2, 0.25) is 0 Å². The van der Waals surface area contributed by atoms with Gasteiger partial charge < -0.3 is 15.3 Å². The Morgan fingerprint density at radius 3 is 2.80 bits per heavy atom. The fraction of sp³-hybridized carbons (Fsp3) is 1.00. The number of hydrogen-bond donors (Lipinski definition) is 2. The number of rotatable bonds is 6. The van der Waals surface area contributed by atoms with Crippen LogP contribution in [0.15, 0.2) is 0 Å². The molecule has 3 atom stereocenters. The number of aliphatic hydroxyl groups excluding tert-OH is 1. The number of nitrogens with zero attached hydrogens (tertiary/aromatic N) is 1. The first-order valence-electron chi connectivity index (χ1n) is 8.71. The highest BCUT2D eigenvalue weighted by molar-refractivity contribution is 4.98. The van der Waals surface area contributed by atoms with Crippen LogP contribution in [0.1, 0.15) is 65.7 Å². The molecule has 3 unspecified atom stereocenters. The summed E-state index contributed by atoms with van der Waals surface area (Å²) in [4.78, 5) is 2.71. The molecule has 3 heteroatoms. The van der Waals surface area contributed by atoms with Crippen LogP contribution in [0.3, 0.4) is 0 Å². The minimum absolute atomic E-state index is 0.0279. The molecule has 2 N–H and O–H groups in total. The molecule has 2 rings (SSSR count). The molecule has 0 aromatic heterocycles. The summed E-state index contributed by atoms with van der Waals surface area (Å²) in [6, 6.07) is 1.14. The lowest BCUT2D eigenvalue weighted by Crippen LogP contribution is -2.57. The number of nitrogens with one attached hydrogen (secondary N) is 1. The van der Waals surface area contributed by atoms with E-state index in [1.165, 1.54) is 45.2 Å². The fourth-order valence-electron chi connectivity index (χ4n) is 4.41. The molecule has 0 radical (unpaired) electrons. The highest BCUT2D eigenvalue weighted by atomic mass is 16.3. The van der Waals surface area contributed by atoms with E-state index in [1.807, 2.05) is 0 Å². The van der Waals surface area contributed by atoms with Crippen LogP contribution in [0.25, 0.3) is 0 Å². The maximum absolute atomic E-state index is 9.91. The number of likely N-dealkylation sites (tertiary alicyclic amines) is 1. The van der Waals surface area contributed by atoms with E-state index in [1.54, 1.807) is 0 Å². The van der Waals surface area contributed by atoms with Crippen molar-refractivity contribution < 1.29 is 5.11 Å². The summed E-state index contributed by atoms with van der Waals surface area (Å²) in [5, 5.41) is 13.6. The zero-order chi connectivity index (χ0) is 14.6. The van der Waals surface area contributed by atoms with Gasteiger partial charge in [-0.15, -0.1) is 0 Å². The van der Waals surface area contributed by atoms with Gasteiger partial charge in [-0.25, -0.2) is 0 Å². The smallest absolute Gasteiger partial charge is 0.0613 e. The summed E-state index contributed by atoms with van der Waals surface area (Å²) in [5.41, 5.74) is -0.0279. The molecule has 118 valence electrons. The van der Waals surface area contributed by atoms with Gasteiger partial charge in [0.05, 0.1) is 6.61 Å². The van der Waals surface area contributed by atoms with Gasteiger partial charge in [0.15, 0.2) is 0 Å². The molecule has 1 saturated carbocycles. The SMILES string of the molecule is CCCC1CCN(C2CCCC(CO)(NC(C)C)C2)C1. The Balaban J connectivity index is 1.93. The first kappa shape index (κ1) is 16.3. The van der Waals surface area contributed by atoms with Gasteiger partial charge in [-0.1, -0.05) is 27.2 Å². The van der Waals surface area contributed by atoms with Crippen LogP contribution >= 0.6 is 0 Å². The molecule has 1 saturated heterocycles. The highest BCUT2D eigenvalue weighted by Gasteiger charge is 2.39. The third kappa shape index (κ3) is 3.96. The lowest BCUT2D eigenvalue weighted by molar-refractivity contribution is 0.0617. The van der Waals surface area contributed by atoms with Gasteiger partial charge in [-0.3, -0.25) is 0 Å². The highest BCUT2D eigenvalue weighted by Crippen LogP contribution is 2.34. The van der Waals surface area contributed by atoms with E-state index >= 15 is 0 Å². The van der Waals surface area contributed by atoms with Gasteiger partial charge >= 0.3 is 0 Å². The summed E-state index contributed by atoms with van der Waals surface area (Å²) in [7, 11) is 0. The van der Waals surface area contributed by atoms with E-state index < -0.39 is 0 Å². The van der Waals surface area contributed by atoms with Crippen molar-refractivity contribution in [2.45, 2.75) is 83.3 Å². The maximum atomic E-state index is 9.91. The monoisotopic (exact) mass is 282 g/mol. The summed E-state index contributed by atoms with van der Waals surface area (Å²) in [6.45, 7) is 9.53. The van der Waals surface area contributed by atoms with Crippen LogP contribution in [-0.2, 0) is 0 Å². The second-order valence-corrected chi connectivity index (χ2v) is 7.43. The molecule has 2 aliphatic rings. The predicted molar refractivity (Wildman–Crippen MR) is 84.9 cm³/mol. The van der Waals surface area contributed by atoms with Crippen molar-refractivity contribution in [3.63, 3.8) is 0 Å². The Hall–Kier alpha value is -0.120. The average Bonchev–Trinajstić information content (AvgIpc) is 2.87. The first-order chi connectivity index (χ1) is 9.58. The molecular formula is C17H34N2O. The lowest BCUT2D eigenvalue weighted by Gasteiger charge is -2.44. The molecule has 0 aromatic rings. The molecule has 20 heavy (non-hydrogen) atoms. The minimum Gasteiger partial charge on any atom is -0.394 e. The predicted octanol–water partition coefficient (Wildman–Crippen LogP) is 2.78. The molecule has 2 fully saturated rings. The Bertz CT molecular complexity index is 295. The van der Waals surface area contributed by atoms with Crippen molar-refractivity contribution in [3.8, 4) is 0 Å². The minimum atomic E-state index is -0.0279. The molecule has 0 bridgehead atoms. The zero-order valence-corrected chi connectivity index (χ0v) is 13.7. The second-order valence-electron chi connectivity index (χ2n) is 7.43. The molecule has 3 nitrogen and oxygen atoms in total. The fourth-order valence-corrected chi connectivity index (χ4v) is 4.41. The standard InChI is InChI=1S/C17H34N2O/c1-4-6-15-8-10-19(12-15)16-7-5-9-17(11-16,13-20)18-14(2)3/h14-16,18,20H,4-13H2,1-3H3. The quantitative estimate of drug-likeness (QED) is 0.786. The van der Waals surface area contributed by atoms with Gasteiger partial charge in [0.25, 0.3) is 0 Å². The van der Waals surface area contributed by atoms with Crippen LogP contribution < -0.4 is 5.32 Å². The largest absolute Gasteiger partial charge is 0.394 e. The third-order valence-electron chi connectivity index (χ3n) is 5.25. The van der Waals surface area contributed by atoms with E-state index in [9.17, 15) is 5.11 Å². The number of aliphatic hydroxyl groups is 1. The van der Waals surface area contributed by atoms with Crippen LogP contribution in [0, 0.1) is 5.92 Å². The summed E-state index contributed by atoms with van der Waals surface area (Å²) < 4.78 is 0. The normalized spacial score (nSPS) is 35.9. The zero-order valence-electron chi connectivity index (χ0n) is 13.7. The van der Waals surface area contributed by atoms with Crippen LogP contribution in [0.5, 0.6) is 0 Å². The van der Waals surface area contributed by atoms with Crippen molar-refractivity contribution in [2.24, 2.45) is 5.92 Å². The average molecular weight is 282 g/mol. The Morgan fingerprint density at radius 1 is 1.35 bits per heavy atom. The van der Waals surface area contributed by atoms with Gasteiger partial charge in [-0.05, 0) is 51.0 Å². The van der Waals surface area contributed by atoms with E-state index in [-0.39, 0.29) is 12.1 Å². The Morgan fingerprint density at radius 2 is 2.15 bits per heavy atom. The lowest BCUT2D eigenvalue weighted by atomic mass is 9.78. The van der Waals surface area contributed by atoms with Crippen LogP contribution in [-0.4, -0.2) is 47.3 Å². The molecule has 0 aromatic carbocycles. The van der Waals surface area contributed by atoms with Gasteiger partial charge in [-0.2, -0.15) is 0 Å². The Kier molecular flexibility index (Phi) is 5.88. The van der Waals surface area contributed by atoms with Gasteiger partial charge in [0, 0.05) is 24.2 Å². The molecule has 0 spiro atoms. The van der Waals surface area contributed by atoms with Crippen molar-refractivity contribution in [1.29, 1.82) is 0 Å². The summed E-state index contributed by atoms with van der Waals surface area (Å²) in [6.07, 6.45) is 8.91. The molecule has 0 amide bonds. The van der Waals surface area contributed by atoms with Gasteiger partial charge in [0.1, 0.15) is 0 Å². The topological polar surface area (TPSA) is 35.5 Å². The molecule has 1 aliphatic carbocycles. The summed E-state index contributed by atoms with van der Waals surface area (Å²) >= 11 is 0. The molecule has 1 heterocycles. The second kappa shape index (κ2) is 7.24.